The van der Waals surface area contributed by atoms with Gasteiger partial charge in [0.1, 0.15) is 11.3 Å². The molecule has 1 aliphatic rings. The quantitative estimate of drug-likeness (QED) is 0.773. The second-order valence-electron chi connectivity index (χ2n) is 6.04. The molecule has 4 rings (SSSR count). The Morgan fingerprint density at radius 2 is 2.00 bits per heavy atom. The minimum atomic E-state index is -0.221. The standard InChI is InChI=1S/C19H20N2O4/c22-19(18-12-14-4-1-2-5-16(14)25-18)20-13-15(17-6-3-9-24-17)21-7-10-23-11-8-21/h1-6,9,12,15H,7-8,10-11,13H2,(H,20,22)/t15-/m1/s1. The number of nitrogens with one attached hydrogen (secondary N) is 1. The highest BCUT2D eigenvalue weighted by molar-refractivity contribution is 5.96. The summed E-state index contributed by atoms with van der Waals surface area (Å²) in [4.78, 5) is 14.8. The SMILES string of the molecule is O=C(NC[C@H](c1ccco1)N1CCOCC1)c1cc2ccccc2o1. The van der Waals surface area contributed by atoms with E-state index in [4.69, 9.17) is 13.6 Å². The van der Waals surface area contributed by atoms with Gasteiger partial charge >= 0.3 is 0 Å². The third-order valence-corrected chi connectivity index (χ3v) is 4.46. The monoisotopic (exact) mass is 340 g/mol. The Balaban J connectivity index is 1.47. The molecule has 3 heterocycles. The average Bonchev–Trinajstić information content (AvgIpc) is 3.32. The Hall–Kier alpha value is -2.57. The molecule has 0 aliphatic carbocycles. The van der Waals surface area contributed by atoms with Crippen molar-refractivity contribution < 1.29 is 18.4 Å². The molecule has 6 heteroatoms. The van der Waals surface area contributed by atoms with E-state index in [9.17, 15) is 4.79 Å². The predicted molar refractivity (Wildman–Crippen MR) is 92.4 cm³/mol. The van der Waals surface area contributed by atoms with E-state index in [1.165, 1.54) is 0 Å². The van der Waals surface area contributed by atoms with E-state index >= 15 is 0 Å². The van der Waals surface area contributed by atoms with Gasteiger partial charge in [-0.15, -0.1) is 0 Å². The van der Waals surface area contributed by atoms with E-state index in [0.29, 0.717) is 31.1 Å². The molecule has 0 bridgehead atoms. The number of amides is 1. The van der Waals surface area contributed by atoms with Crippen LogP contribution < -0.4 is 5.32 Å². The lowest BCUT2D eigenvalue weighted by Gasteiger charge is -2.33. The Kier molecular flexibility index (Phi) is 4.54. The van der Waals surface area contributed by atoms with Crippen LogP contribution in [-0.4, -0.2) is 43.7 Å². The second-order valence-corrected chi connectivity index (χ2v) is 6.04. The van der Waals surface area contributed by atoms with Crippen LogP contribution in [0.1, 0.15) is 22.4 Å². The number of furan rings is 2. The Labute approximate surface area is 145 Å². The van der Waals surface area contributed by atoms with Crippen LogP contribution in [0.15, 0.2) is 57.6 Å². The molecule has 1 fully saturated rings. The second kappa shape index (κ2) is 7.13. The summed E-state index contributed by atoms with van der Waals surface area (Å²) in [6.07, 6.45) is 1.66. The Morgan fingerprint density at radius 1 is 1.16 bits per heavy atom. The fourth-order valence-corrected chi connectivity index (χ4v) is 3.15. The van der Waals surface area contributed by atoms with Gasteiger partial charge in [-0.25, -0.2) is 0 Å². The number of rotatable bonds is 5. The maximum absolute atomic E-state index is 12.5. The molecular formula is C19H20N2O4. The van der Waals surface area contributed by atoms with Gasteiger partial charge in [0.2, 0.25) is 0 Å². The van der Waals surface area contributed by atoms with Crippen molar-refractivity contribution in [1.82, 2.24) is 10.2 Å². The number of carbonyl (C=O) groups is 1. The molecule has 1 atom stereocenters. The van der Waals surface area contributed by atoms with Gasteiger partial charge in [0.15, 0.2) is 5.76 Å². The van der Waals surface area contributed by atoms with Crippen molar-refractivity contribution in [2.75, 3.05) is 32.8 Å². The van der Waals surface area contributed by atoms with Crippen LogP contribution in [0.2, 0.25) is 0 Å². The van der Waals surface area contributed by atoms with Crippen molar-refractivity contribution in [2.45, 2.75) is 6.04 Å². The molecule has 1 amide bonds. The predicted octanol–water partition coefficient (Wildman–Crippen LogP) is 2.83. The van der Waals surface area contributed by atoms with Crippen LogP contribution in [0.3, 0.4) is 0 Å². The first kappa shape index (κ1) is 15.9. The van der Waals surface area contributed by atoms with Crippen molar-refractivity contribution in [3.05, 3.63) is 60.2 Å². The molecule has 25 heavy (non-hydrogen) atoms. The highest BCUT2D eigenvalue weighted by Crippen LogP contribution is 2.22. The number of ether oxygens (including phenoxy) is 1. The van der Waals surface area contributed by atoms with Gasteiger partial charge in [-0.05, 0) is 24.3 Å². The van der Waals surface area contributed by atoms with Gasteiger partial charge in [-0.3, -0.25) is 9.69 Å². The highest BCUT2D eigenvalue weighted by atomic mass is 16.5. The lowest BCUT2D eigenvalue weighted by molar-refractivity contribution is 0.0117. The largest absolute Gasteiger partial charge is 0.468 e. The molecule has 0 unspecified atom stereocenters. The van der Waals surface area contributed by atoms with Gasteiger partial charge in [0, 0.05) is 25.0 Å². The first-order chi connectivity index (χ1) is 12.3. The lowest BCUT2D eigenvalue weighted by Crippen LogP contribution is -2.43. The van der Waals surface area contributed by atoms with Gasteiger partial charge in [-0.2, -0.15) is 0 Å². The number of hydrogen-bond donors (Lipinski definition) is 1. The summed E-state index contributed by atoms with van der Waals surface area (Å²) >= 11 is 0. The van der Waals surface area contributed by atoms with Crippen LogP contribution in [0.25, 0.3) is 11.0 Å². The zero-order valence-corrected chi connectivity index (χ0v) is 13.8. The van der Waals surface area contributed by atoms with Crippen molar-refractivity contribution in [2.24, 2.45) is 0 Å². The first-order valence-electron chi connectivity index (χ1n) is 8.43. The zero-order valence-electron chi connectivity index (χ0n) is 13.8. The minimum Gasteiger partial charge on any atom is -0.468 e. The van der Waals surface area contributed by atoms with E-state index in [0.717, 1.165) is 24.2 Å². The summed E-state index contributed by atoms with van der Waals surface area (Å²) in [6.45, 7) is 3.45. The van der Waals surface area contributed by atoms with E-state index in [-0.39, 0.29) is 11.9 Å². The molecule has 3 aromatic rings. The van der Waals surface area contributed by atoms with Crippen molar-refractivity contribution >= 4 is 16.9 Å². The maximum Gasteiger partial charge on any atom is 0.287 e. The van der Waals surface area contributed by atoms with Crippen molar-refractivity contribution in [1.29, 1.82) is 0 Å². The molecule has 1 aromatic carbocycles. The fraction of sp³-hybridized carbons (Fsp3) is 0.316. The number of hydrogen-bond acceptors (Lipinski definition) is 5. The Bertz CT molecular complexity index is 801. The molecule has 0 radical (unpaired) electrons. The van der Waals surface area contributed by atoms with Gasteiger partial charge in [0.25, 0.3) is 5.91 Å². The number of morpholine rings is 1. The molecule has 1 N–H and O–H groups in total. The summed E-state index contributed by atoms with van der Waals surface area (Å²) in [7, 11) is 0. The number of nitrogens with zero attached hydrogens (tertiary/aromatic N) is 1. The van der Waals surface area contributed by atoms with Crippen LogP contribution in [-0.2, 0) is 4.74 Å². The van der Waals surface area contributed by atoms with Crippen LogP contribution in [0, 0.1) is 0 Å². The van der Waals surface area contributed by atoms with Gasteiger partial charge in [0.05, 0.1) is 25.5 Å². The lowest BCUT2D eigenvalue weighted by atomic mass is 10.1. The van der Waals surface area contributed by atoms with Gasteiger partial charge in [-0.1, -0.05) is 18.2 Å². The number of para-hydroxylation sites is 1. The zero-order chi connectivity index (χ0) is 17.1. The van der Waals surface area contributed by atoms with E-state index in [2.05, 4.69) is 10.2 Å². The van der Waals surface area contributed by atoms with E-state index < -0.39 is 0 Å². The molecule has 130 valence electrons. The normalized spacial score (nSPS) is 16.8. The molecule has 1 saturated heterocycles. The first-order valence-corrected chi connectivity index (χ1v) is 8.43. The smallest absolute Gasteiger partial charge is 0.287 e. The third kappa shape index (κ3) is 3.45. The molecule has 0 saturated carbocycles. The summed E-state index contributed by atoms with van der Waals surface area (Å²) in [5.41, 5.74) is 0.711. The topological polar surface area (TPSA) is 67.9 Å². The highest BCUT2D eigenvalue weighted by Gasteiger charge is 2.25. The molecule has 1 aliphatic heterocycles. The summed E-state index contributed by atoms with van der Waals surface area (Å²) in [5.74, 6) is 0.939. The van der Waals surface area contributed by atoms with Crippen molar-refractivity contribution in [3.63, 3.8) is 0 Å². The third-order valence-electron chi connectivity index (χ3n) is 4.46. The number of carbonyl (C=O) groups excluding carboxylic acids is 1. The maximum atomic E-state index is 12.5. The van der Waals surface area contributed by atoms with E-state index in [1.807, 2.05) is 36.4 Å². The van der Waals surface area contributed by atoms with E-state index in [1.54, 1.807) is 12.3 Å². The number of benzene rings is 1. The number of fused-ring (bicyclic) bond motifs is 1. The molecule has 6 nitrogen and oxygen atoms in total. The average molecular weight is 340 g/mol. The van der Waals surface area contributed by atoms with Gasteiger partial charge < -0.3 is 18.9 Å². The van der Waals surface area contributed by atoms with Crippen LogP contribution in [0.5, 0.6) is 0 Å². The molecular weight excluding hydrogens is 320 g/mol. The Morgan fingerprint density at radius 3 is 2.76 bits per heavy atom. The summed E-state index contributed by atoms with van der Waals surface area (Å²) in [6, 6.07) is 13.1. The summed E-state index contributed by atoms with van der Waals surface area (Å²) in [5, 5.41) is 3.89. The summed E-state index contributed by atoms with van der Waals surface area (Å²) < 4.78 is 16.6. The minimum absolute atomic E-state index is 0.0211. The molecule has 0 spiro atoms. The van der Waals surface area contributed by atoms with Crippen molar-refractivity contribution in [3.8, 4) is 0 Å². The fourth-order valence-electron chi connectivity index (χ4n) is 3.15. The molecule has 2 aromatic heterocycles. The van der Waals surface area contributed by atoms with Crippen LogP contribution in [0.4, 0.5) is 0 Å². The van der Waals surface area contributed by atoms with Crippen LogP contribution >= 0.6 is 0 Å².